The molecule has 1 heterocycles. The maximum atomic E-state index is 11.2. The van der Waals surface area contributed by atoms with Gasteiger partial charge in [0.1, 0.15) is 17.1 Å². The van der Waals surface area contributed by atoms with Crippen LogP contribution in [0.25, 0.3) is 0 Å². The van der Waals surface area contributed by atoms with Gasteiger partial charge in [0.2, 0.25) is 5.88 Å². The second-order valence-electron chi connectivity index (χ2n) is 3.29. The highest BCUT2D eigenvalue weighted by atomic mass is 35.5. The molecular formula is C12H9ClN2O3. The summed E-state index contributed by atoms with van der Waals surface area (Å²) in [5.41, 5.74) is 0.443. The molecule has 0 aliphatic carbocycles. The fourth-order valence-corrected chi connectivity index (χ4v) is 1.41. The number of benzene rings is 1. The fourth-order valence-electron chi connectivity index (χ4n) is 1.27. The van der Waals surface area contributed by atoms with Gasteiger partial charge in [0.25, 0.3) is 0 Å². The number of carbonyl (C=O) groups is 1. The molecule has 0 atom stereocenters. The van der Waals surface area contributed by atoms with Gasteiger partial charge in [-0.1, -0.05) is 11.6 Å². The van der Waals surface area contributed by atoms with Crippen molar-refractivity contribution in [3.05, 3.63) is 47.4 Å². The molecule has 0 fully saturated rings. The van der Waals surface area contributed by atoms with Crippen LogP contribution < -0.4 is 4.74 Å². The van der Waals surface area contributed by atoms with Crippen molar-refractivity contribution in [2.45, 2.75) is 0 Å². The van der Waals surface area contributed by atoms with Crippen LogP contribution in [0, 0.1) is 0 Å². The molecular weight excluding hydrogens is 256 g/mol. The topological polar surface area (TPSA) is 61.3 Å². The van der Waals surface area contributed by atoms with E-state index in [9.17, 15) is 4.79 Å². The van der Waals surface area contributed by atoms with E-state index in [1.165, 1.54) is 19.6 Å². The van der Waals surface area contributed by atoms with Crippen molar-refractivity contribution >= 4 is 17.6 Å². The van der Waals surface area contributed by atoms with Crippen LogP contribution in [-0.4, -0.2) is 23.0 Å². The Bertz CT molecular complexity index is 558. The zero-order chi connectivity index (χ0) is 13.0. The molecule has 2 aromatic rings. The van der Waals surface area contributed by atoms with Crippen molar-refractivity contribution < 1.29 is 14.3 Å². The highest BCUT2D eigenvalue weighted by molar-refractivity contribution is 6.31. The number of ether oxygens (including phenoxy) is 2. The Morgan fingerprint density at radius 1 is 1.28 bits per heavy atom. The zero-order valence-electron chi connectivity index (χ0n) is 9.46. The van der Waals surface area contributed by atoms with Gasteiger partial charge in [-0.25, -0.2) is 14.8 Å². The van der Waals surface area contributed by atoms with E-state index in [1.807, 2.05) is 0 Å². The van der Waals surface area contributed by atoms with Crippen molar-refractivity contribution in [3.63, 3.8) is 0 Å². The molecule has 2 rings (SSSR count). The minimum atomic E-state index is -0.401. The number of aromatic nitrogens is 2. The lowest BCUT2D eigenvalue weighted by molar-refractivity contribution is 0.0600. The lowest BCUT2D eigenvalue weighted by atomic mass is 10.2. The minimum Gasteiger partial charge on any atom is -0.465 e. The molecule has 0 aliphatic heterocycles. The van der Waals surface area contributed by atoms with Crippen molar-refractivity contribution in [2.75, 3.05) is 7.11 Å². The van der Waals surface area contributed by atoms with Gasteiger partial charge in [-0.3, -0.25) is 0 Å². The molecule has 0 saturated carbocycles. The maximum absolute atomic E-state index is 11.2. The van der Waals surface area contributed by atoms with Crippen LogP contribution in [0.5, 0.6) is 11.6 Å². The number of rotatable bonds is 3. The molecule has 0 radical (unpaired) electrons. The number of hydrogen-bond donors (Lipinski definition) is 0. The predicted octanol–water partition coefficient (Wildman–Crippen LogP) is 2.71. The van der Waals surface area contributed by atoms with Crippen molar-refractivity contribution in [2.24, 2.45) is 0 Å². The molecule has 5 nitrogen and oxygen atoms in total. The van der Waals surface area contributed by atoms with Crippen LogP contribution in [0.3, 0.4) is 0 Å². The Balaban J connectivity index is 2.16. The largest absolute Gasteiger partial charge is 0.465 e. The summed E-state index contributed by atoms with van der Waals surface area (Å²) < 4.78 is 10.0. The van der Waals surface area contributed by atoms with Gasteiger partial charge in [0.05, 0.1) is 18.9 Å². The maximum Gasteiger partial charge on any atom is 0.337 e. The number of halogens is 1. The number of nitrogens with zero attached hydrogens (tertiary/aromatic N) is 2. The van der Waals surface area contributed by atoms with E-state index in [2.05, 4.69) is 14.7 Å². The average molecular weight is 265 g/mol. The summed E-state index contributed by atoms with van der Waals surface area (Å²) in [4.78, 5) is 18.9. The summed E-state index contributed by atoms with van der Waals surface area (Å²) in [6.45, 7) is 0. The van der Waals surface area contributed by atoms with Crippen LogP contribution in [0.15, 0.2) is 36.8 Å². The summed E-state index contributed by atoms with van der Waals surface area (Å²) in [6, 6.07) is 6.45. The van der Waals surface area contributed by atoms with E-state index in [0.717, 1.165) is 0 Å². The zero-order valence-corrected chi connectivity index (χ0v) is 10.2. The van der Waals surface area contributed by atoms with Crippen molar-refractivity contribution in [1.29, 1.82) is 0 Å². The molecule has 92 valence electrons. The Kier molecular flexibility index (Phi) is 3.74. The summed E-state index contributed by atoms with van der Waals surface area (Å²) in [7, 11) is 1.33. The van der Waals surface area contributed by atoms with Crippen LogP contribution in [0.1, 0.15) is 10.4 Å². The van der Waals surface area contributed by atoms with Gasteiger partial charge in [-0.15, -0.1) is 0 Å². The predicted molar refractivity (Wildman–Crippen MR) is 64.9 cm³/mol. The SMILES string of the molecule is COC(=O)c1ccc(Oc2ncncc2Cl)cc1. The average Bonchev–Trinajstić information content (AvgIpc) is 2.41. The first kappa shape index (κ1) is 12.3. The summed E-state index contributed by atoms with van der Waals surface area (Å²) in [5.74, 6) is 0.377. The molecule has 0 spiro atoms. The van der Waals surface area contributed by atoms with Crippen molar-refractivity contribution in [1.82, 2.24) is 9.97 Å². The van der Waals surface area contributed by atoms with E-state index >= 15 is 0 Å². The van der Waals surface area contributed by atoms with Gasteiger partial charge in [-0.05, 0) is 24.3 Å². The van der Waals surface area contributed by atoms with Gasteiger partial charge >= 0.3 is 5.97 Å². The smallest absolute Gasteiger partial charge is 0.337 e. The second kappa shape index (κ2) is 5.46. The Morgan fingerprint density at radius 2 is 2.00 bits per heavy atom. The molecule has 0 saturated heterocycles. The van der Waals surface area contributed by atoms with Crippen LogP contribution in [-0.2, 0) is 4.74 Å². The molecule has 1 aromatic carbocycles. The van der Waals surface area contributed by atoms with Crippen LogP contribution in [0.4, 0.5) is 0 Å². The number of esters is 1. The number of carbonyl (C=O) groups excluding carboxylic acids is 1. The standard InChI is InChI=1S/C12H9ClN2O3/c1-17-12(16)8-2-4-9(5-3-8)18-11-10(13)6-14-7-15-11/h2-7H,1H3. The first-order valence-corrected chi connectivity index (χ1v) is 5.40. The molecule has 1 aromatic heterocycles. The first-order valence-electron chi connectivity index (χ1n) is 5.02. The third-order valence-corrected chi connectivity index (χ3v) is 2.38. The van der Waals surface area contributed by atoms with Gasteiger partial charge < -0.3 is 9.47 Å². The van der Waals surface area contributed by atoms with E-state index < -0.39 is 5.97 Å². The number of hydrogen-bond acceptors (Lipinski definition) is 5. The van der Waals surface area contributed by atoms with Crippen molar-refractivity contribution in [3.8, 4) is 11.6 Å². The summed E-state index contributed by atoms with van der Waals surface area (Å²) >= 11 is 5.85. The van der Waals surface area contributed by atoms with Gasteiger partial charge in [0.15, 0.2) is 0 Å². The molecule has 18 heavy (non-hydrogen) atoms. The quantitative estimate of drug-likeness (QED) is 0.798. The lowest BCUT2D eigenvalue weighted by Crippen LogP contribution is -2.00. The van der Waals surface area contributed by atoms with E-state index in [1.54, 1.807) is 24.3 Å². The van der Waals surface area contributed by atoms with Gasteiger partial charge in [-0.2, -0.15) is 0 Å². The number of methoxy groups -OCH3 is 1. The second-order valence-corrected chi connectivity index (χ2v) is 3.70. The lowest BCUT2D eigenvalue weighted by Gasteiger charge is -2.06. The Labute approximate surface area is 108 Å². The van der Waals surface area contributed by atoms with Crippen LogP contribution in [0.2, 0.25) is 5.02 Å². The highest BCUT2D eigenvalue weighted by Gasteiger charge is 2.07. The third kappa shape index (κ3) is 2.75. The van der Waals surface area contributed by atoms with E-state index in [-0.39, 0.29) is 5.88 Å². The molecule has 0 aliphatic rings. The van der Waals surface area contributed by atoms with Crippen LogP contribution >= 0.6 is 11.6 Å². The van der Waals surface area contributed by atoms with E-state index in [4.69, 9.17) is 16.3 Å². The molecule has 0 unspecified atom stereocenters. The monoisotopic (exact) mass is 264 g/mol. The highest BCUT2D eigenvalue weighted by Crippen LogP contribution is 2.25. The molecule has 0 bridgehead atoms. The summed E-state index contributed by atoms with van der Waals surface area (Å²) in [5, 5.41) is 0.314. The normalized spacial score (nSPS) is 9.89. The minimum absolute atomic E-state index is 0.262. The Morgan fingerprint density at radius 3 is 2.61 bits per heavy atom. The molecule has 6 heteroatoms. The molecule has 0 amide bonds. The Hall–Kier alpha value is -2.14. The summed E-state index contributed by atoms with van der Waals surface area (Å²) in [6.07, 6.45) is 2.77. The molecule has 0 N–H and O–H groups in total. The first-order chi connectivity index (χ1) is 8.70. The van der Waals surface area contributed by atoms with E-state index in [0.29, 0.717) is 16.3 Å². The van der Waals surface area contributed by atoms with Gasteiger partial charge in [0, 0.05) is 0 Å². The fraction of sp³-hybridized carbons (Fsp3) is 0.0833. The third-order valence-electron chi connectivity index (χ3n) is 2.12.